The Kier molecular flexibility index (Phi) is 7.01. The van der Waals surface area contributed by atoms with Crippen LogP contribution < -0.4 is 0 Å². The number of rotatable bonds is 4. The zero-order chi connectivity index (χ0) is 32.4. The van der Waals surface area contributed by atoms with E-state index in [2.05, 4.69) is 147 Å². The maximum absolute atomic E-state index is 4.64. The lowest BCUT2D eigenvalue weighted by atomic mass is 9.59. The lowest BCUT2D eigenvalue weighted by Crippen LogP contribution is -2.31. The van der Waals surface area contributed by atoms with Crippen molar-refractivity contribution in [2.45, 2.75) is 58.3 Å². The highest BCUT2D eigenvalue weighted by Crippen LogP contribution is 2.57. The van der Waals surface area contributed by atoms with Crippen molar-refractivity contribution < 1.29 is 0 Å². The maximum atomic E-state index is 4.64. The quantitative estimate of drug-likeness (QED) is 0.195. The van der Waals surface area contributed by atoms with Gasteiger partial charge in [-0.15, -0.1) is 0 Å². The van der Waals surface area contributed by atoms with Gasteiger partial charge in [0.25, 0.3) is 0 Å². The van der Waals surface area contributed by atoms with Crippen LogP contribution in [-0.4, -0.2) is 4.98 Å². The van der Waals surface area contributed by atoms with E-state index in [1.807, 2.05) is 12.3 Å². The molecule has 0 saturated carbocycles. The molecule has 4 atom stereocenters. The Balaban J connectivity index is 1.17. The topological polar surface area (TPSA) is 12.9 Å². The van der Waals surface area contributed by atoms with E-state index in [9.17, 15) is 0 Å². The summed E-state index contributed by atoms with van der Waals surface area (Å²) >= 11 is 0. The van der Waals surface area contributed by atoms with Crippen LogP contribution in [0, 0.1) is 17.3 Å². The van der Waals surface area contributed by atoms with Crippen molar-refractivity contribution in [2.75, 3.05) is 0 Å². The van der Waals surface area contributed by atoms with Crippen molar-refractivity contribution in [2.24, 2.45) is 17.3 Å². The first kappa shape index (κ1) is 29.4. The number of nitrogens with zero attached hydrogens (tertiary/aromatic N) is 1. The highest BCUT2D eigenvalue weighted by atomic mass is 14.7. The summed E-state index contributed by atoms with van der Waals surface area (Å²) in [4.78, 5) is 4.64. The van der Waals surface area contributed by atoms with Crippen molar-refractivity contribution in [3.8, 4) is 11.1 Å². The third-order valence-corrected chi connectivity index (χ3v) is 11.6. The zero-order valence-electron chi connectivity index (χ0n) is 28.3. The van der Waals surface area contributed by atoms with Gasteiger partial charge in [-0.3, -0.25) is 4.98 Å². The van der Waals surface area contributed by atoms with Crippen LogP contribution in [0.25, 0.3) is 39.1 Å². The van der Waals surface area contributed by atoms with Crippen LogP contribution in [-0.2, 0) is 0 Å². The van der Waals surface area contributed by atoms with E-state index < -0.39 is 0 Å². The standard InChI is InChI=1S/C47H43N/c1-47(2,3)39-27-37-20-22-40-42(31-15-17-32(18-16-31)44-13-6-7-24-48-44)29-43(41-23-21-38(28-39)45(37)46(40)41)36-12-8-11-34(26-36)35-19-14-30-9-4-5-10-33(30)25-35/h4-15,17-19,21,23-26,28-29,31,37,40,42H,16,20,22,27H2,1-3H3. The summed E-state index contributed by atoms with van der Waals surface area (Å²) in [5, 5.41) is 2.57. The summed E-state index contributed by atoms with van der Waals surface area (Å²) in [6.45, 7) is 7.15. The SMILES string of the molecule is CC(C)(C)C1=Cc2ccc3c4c2C(CCC4C(C2C=CC(c4ccccn4)=CC2)C=C3c2cccc(-c3ccc4ccccc4c3)c2)C1. The monoisotopic (exact) mass is 621 g/mol. The number of allylic oxidation sites excluding steroid dienone is 6. The van der Waals surface area contributed by atoms with Crippen LogP contribution in [0.5, 0.6) is 0 Å². The van der Waals surface area contributed by atoms with Gasteiger partial charge in [-0.25, -0.2) is 0 Å². The predicted molar refractivity (Wildman–Crippen MR) is 203 cm³/mol. The van der Waals surface area contributed by atoms with Crippen LogP contribution in [0.1, 0.15) is 91.8 Å². The van der Waals surface area contributed by atoms with Crippen LogP contribution in [0.4, 0.5) is 0 Å². The Hall–Kier alpha value is -4.75. The molecule has 0 saturated heterocycles. The molecule has 1 heterocycles. The molecule has 0 spiro atoms. The van der Waals surface area contributed by atoms with Crippen LogP contribution in [0.3, 0.4) is 0 Å². The summed E-state index contributed by atoms with van der Waals surface area (Å²) in [6.07, 6.45) is 19.2. The normalized spacial score (nSPS) is 22.9. The van der Waals surface area contributed by atoms with Gasteiger partial charge in [-0.2, -0.15) is 0 Å². The number of benzene rings is 4. The minimum Gasteiger partial charge on any atom is -0.256 e. The second-order valence-corrected chi connectivity index (χ2v) is 15.5. The molecule has 4 unspecified atom stereocenters. The fourth-order valence-corrected chi connectivity index (χ4v) is 9.12. The third kappa shape index (κ3) is 5.03. The second-order valence-electron chi connectivity index (χ2n) is 15.5. The molecule has 4 aliphatic rings. The molecule has 0 aliphatic heterocycles. The maximum Gasteiger partial charge on any atom is 0.0698 e. The fourth-order valence-electron chi connectivity index (χ4n) is 9.12. The highest BCUT2D eigenvalue weighted by Gasteiger charge is 2.42. The second kappa shape index (κ2) is 11.4. The molecule has 0 amide bonds. The molecule has 9 rings (SSSR count). The van der Waals surface area contributed by atoms with Gasteiger partial charge in [-0.05, 0) is 140 Å². The van der Waals surface area contributed by atoms with Gasteiger partial charge in [0.05, 0.1) is 5.69 Å². The highest BCUT2D eigenvalue weighted by molar-refractivity contribution is 5.90. The Morgan fingerprint density at radius 2 is 1.56 bits per heavy atom. The number of pyridine rings is 1. The van der Waals surface area contributed by atoms with Crippen LogP contribution in [0.2, 0.25) is 0 Å². The number of aromatic nitrogens is 1. The smallest absolute Gasteiger partial charge is 0.0698 e. The van der Waals surface area contributed by atoms with E-state index in [0.29, 0.717) is 23.7 Å². The Bertz CT molecular complexity index is 2180. The van der Waals surface area contributed by atoms with Crippen molar-refractivity contribution >= 4 is 28.0 Å². The van der Waals surface area contributed by atoms with E-state index in [0.717, 1.165) is 12.1 Å². The van der Waals surface area contributed by atoms with Gasteiger partial charge in [0.15, 0.2) is 0 Å². The summed E-state index contributed by atoms with van der Waals surface area (Å²) < 4.78 is 0. The number of hydrogen-bond acceptors (Lipinski definition) is 1. The van der Waals surface area contributed by atoms with Gasteiger partial charge in [0.2, 0.25) is 0 Å². The predicted octanol–water partition coefficient (Wildman–Crippen LogP) is 12.4. The molecule has 0 bridgehead atoms. The lowest BCUT2D eigenvalue weighted by Gasteiger charge is -2.45. The summed E-state index contributed by atoms with van der Waals surface area (Å²) in [6, 6.07) is 36.0. The summed E-state index contributed by atoms with van der Waals surface area (Å²) in [5.41, 5.74) is 15.7. The zero-order valence-corrected chi connectivity index (χ0v) is 28.3. The molecule has 0 fully saturated rings. The molecule has 1 nitrogen and oxygen atoms in total. The summed E-state index contributed by atoms with van der Waals surface area (Å²) in [7, 11) is 0. The van der Waals surface area contributed by atoms with Gasteiger partial charge < -0.3 is 0 Å². The summed E-state index contributed by atoms with van der Waals surface area (Å²) in [5.74, 6) is 2.08. The first-order chi connectivity index (χ1) is 23.4. The molecule has 0 radical (unpaired) electrons. The Morgan fingerprint density at radius 1 is 0.729 bits per heavy atom. The molecule has 4 aromatic carbocycles. The van der Waals surface area contributed by atoms with E-state index in [4.69, 9.17) is 0 Å². The number of hydrogen-bond donors (Lipinski definition) is 0. The molecule has 236 valence electrons. The van der Waals surface area contributed by atoms with Gasteiger partial charge in [-0.1, -0.05) is 130 Å². The molecule has 1 heteroatoms. The molecule has 5 aromatic rings. The van der Waals surface area contributed by atoms with Crippen molar-refractivity contribution in [3.05, 3.63) is 167 Å². The van der Waals surface area contributed by atoms with Gasteiger partial charge in [0, 0.05) is 6.20 Å². The lowest BCUT2D eigenvalue weighted by molar-refractivity contribution is 0.334. The molecule has 0 N–H and O–H groups in total. The molecular formula is C47H43N. The molecule has 4 aliphatic carbocycles. The van der Waals surface area contributed by atoms with E-state index >= 15 is 0 Å². The molecule has 48 heavy (non-hydrogen) atoms. The van der Waals surface area contributed by atoms with Crippen LogP contribution >= 0.6 is 0 Å². The molecule has 1 aromatic heterocycles. The first-order valence-electron chi connectivity index (χ1n) is 17.9. The van der Waals surface area contributed by atoms with Crippen molar-refractivity contribution in [1.82, 2.24) is 4.98 Å². The average Bonchev–Trinajstić information content (AvgIpc) is 3.13. The van der Waals surface area contributed by atoms with Crippen LogP contribution in [0.15, 0.2) is 133 Å². The van der Waals surface area contributed by atoms with Gasteiger partial charge >= 0.3 is 0 Å². The fraction of sp³-hybridized carbons (Fsp3) is 0.255. The minimum absolute atomic E-state index is 0.200. The average molecular weight is 622 g/mol. The molecular weight excluding hydrogens is 579 g/mol. The largest absolute Gasteiger partial charge is 0.256 e. The van der Waals surface area contributed by atoms with Gasteiger partial charge in [0.1, 0.15) is 0 Å². The van der Waals surface area contributed by atoms with Crippen molar-refractivity contribution in [3.63, 3.8) is 0 Å². The Morgan fingerprint density at radius 3 is 2.38 bits per heavy atom. The van der Waals surface area contributed by atoms with E-state index in [1.54, 1.807) is 16.7 Å². The minimum atomic E-state index is 0.200. The number of fused-ring (bicyclic) bond motifs is 1. The Labute approximate surface area is 285 Å². The third-order valence-electron chi connectivity index (χ3n) is 11.6. The van der Waals surface area contributed by atoms with E-state index in [1.165, 1.54) is 69.0 Å². The van der Waals surface area contributed by atoms with E-state index in [-0.39, 0.29) is 5.41 Å². The van der Waals surface area contributed by atoms with Crippen molar-refractivity contribution in [1.29, 1.82) is 0 Å². The first-order valence-corrected chi connectivity index (χ1v) is 17.9.